The summed E-state index contributed by atoms with van der Waals surface area (Å²) in [4.78, 5) is 25.1. The van der Waals surface area contributed by atoms with Crippen molar-refractivity contribution in [3.63, 3.8) is 0 Å². The standard InChI is InChI=1S/C12H21NO4S/c1-16-8-7-13(6-5-11(14)17-2)12(15)10-4-3-9-18-10/h10H,3-9H2,1-2H3. The van der Waals surface area contributed by atoms with E-state index in [1.54, 1.807) is 23.8 Å². The van der Waals surface area contributed by atoms with E-state index in [0.29, 0.717) is 19.7 Å². The number of carbonyl (C=O) groups excluding carboxylic acids is 2. The molecule has 1 aliphatic heterocycles. The predicted molar refractivity (Wildman–Crippen MR) is 70.6 cm³/mol. The van der Waals surface area contributed by atoms with E-state index in [-0.39, 0.29) is 23.5 Å². The topological polar surface area (TPSA) is 55.8 Å². The molecule has 1 saturated heterocycles. The fourth-order valence-electron chi connectivity index (χ4n) is 1.84. The molecule has 0 N–H and O–H groups in total. The zero-order chi connectivity index (χ0) is 13.4. The van der Waals surface area contributed by atoms with E-state index >= 15 is 0 Å². The molecule has 1 unspecified atom stereocenters. The summed E-state index contributed by atoms with van der Waals surface area (Å²) in [6, 6.07) is 0. The summed E-state index contributed by atoms with van der Waals surface area (Å²) in [5.74, 6) is 0.883. The first kappa shape index (κ1) is 15.3. The molecule has 0 aromatic heterocycles. The summed E-state index contributed by atoms with van der Waals surface area (Å²) in [6.07, 6.45) is 2.27. The number of ether oxygens (including phenoxy) is 2. The first-order valence-corrected chi connectivity index (χ1v) is 7.20. The van der Waals surface area contributed by atoms with Gasteiger partial charge in [0.1, 0.15) is 0 Å². The van der Waals surface area contributed by atoms with Crippen molar-refractivity contribution in [3.05, 3.63) is 0 Å². The zero-order valence-corrected chi connectivity index (χ0v) is 11.8. The maximum atomic E-state index is 12.2. The van der Waals surface area contributed by atoms with Gasteiger partial charge < -0.3 is 14.4 Å². The third kappa shape index (κ3) is 4.86. The highest BCUT2D eigenvalue weighted by atomic mass is 32.2. The fourth-order valence-corrected chi connectivity index (χ4v) is 3.08. The van der Waals surface area contributed by atoms with Gasteiger partial charge in [0.05, 0.1) is 25.4 Å². The zero-order valence-electron chi connectivity index (χ0n) is 11.0. The maximum absolute atomic E-state index is 12.2. The third-order valence-electron chi connectivity index (χ3n) is 2.90. The molecular weight excluding hydrogens is 254 g/mol. The van der Waals surface area contributed by atoms with Crippen molar-refractivity contribution in [2.45, 2.75) is 24.5 Å². The van der Waals surface area contributed by atoms with E-state index in [0.717, 1.165) is 18.6 Å². The van der Waals surface area contributed by atoms with E-state index in [2.05, 4.69) is 4.74 Å². The number of carbonyl (C=O) groups is 2. The Labute approximate surface area is 112 Å². The normalized spacial score (nSPS) is 18.7. The Bertz CT molecular complexity index is 279. The monoisotopic (exact) mass is 275 g/mol. The van der Waals surface area contributed by atoms with Crippen molar-refractivity contribution in [2.75, 3.05) is 39.7 Å². The van der Waals surface area contributed by atoms with Crippen LogP contribution in [-0.4, -0.2) is 61.7 Å². The second-order valence-electron chi connectivity index (χ2n) is 4.15. The highest BCUT2D eigenvalue weighted by Crippen LogP contribution is 2.27. The number of nitrogens with zero attached hydrogens (tertiary/aromatic N) is 1. The SMILES string of the molecule is COCCN(CCC(=O)OC)C(=O)C1CCCS1. The minimum atomic E-state index is -0.288. The van der Waals surface area contributed by atoms with Crippen LogP contribution in [0.2, 0.25) is 0 Å². The second-order valence-corrected chi connectivity index (χ2v) is 5.46. The summed E-state index contributed by atoms with van der Waals surface area (Å²) >= 11 is 1.70. The van der Waals surface area contributed by atoms with E-state index < -0.39 is 0 Å². The Balaban J connectivity index is 2.47. The average Bonchev–Trinajstić information content (AvgIpc) is 2.91. The van der Waals surface area contributed by atoms with Crippen molar-refractivity contribution in [3.8, 4) is 0 Å². The van der Waals surface area contributed by atoms with Crippen LogP contribution in [0.15, 0.2) is 0 Å². The fraction of sp³-hybridized carbons (Fsp3) is 0.833. The van der Waals surface area contributed by atoms with Gasteiger partial charge in [0.15, 0.2) is 0 Å². The number of hydrogen-bond acceptors (Lipinski definition) is 5. The van der Waals surface area contributed by atoms with Gasteiger partial charge in [0.2, 0.25) is 5.91 Å². The first-order valence-electron chi connectivity index (χ1n) is 6.15. The van der Waals surface area contributed by atoms with E-state index in [1.807, 2.05) is 0 Å². The molecule has 1 fully saturated rings. The number of amides is 1. The first-order chi connectivity index (χ1) is 8.69. The minimum absolute atomic E-state index is 0.0551. The largest absolute Gasteiger partial charge is 0.469 e. The van der Waals surface area contributed by atoms with Crippen molar-refractivity contribution < 1.29 is 19.1 Å². The van der Waals surface area contributed by atoms with Gasteiger partial charge in [0.25, 0.3) is 0 Å². The Morgan fingerprint density at radius 3 is 2.67 bits per heavy atom. The molecule has 104 valence electrons. The quantitative estimate of drug-likeness (QED) is 0.647. The molecule has 0 aromatic carbocycles. The number of thioether (sulfide) groups is 1. The van der Waals surface area contributed by atoms with Crippen LogP contribution < -0.4 is 0 Å². The number of methoxy groups -OCH3 is 2. The molecule has 0 aromatic rings. The van der Waals surface area contributed by atoms with Crippen molar-refractivity contribution >= 4 is 23.6 Å². The van der Waals surface area contributed by atoms with Crippen LogP contribution in [0.4, 0.5) is 0 Å². The molecule has 6 heteroatoms. The van der Waals surface area contributed by atoms with Gasteiger partial charge in [-0.2, -0.15) is 0 Å². The summed E-state index contributed by atoms with van der Waals surface area (Å²) in [7, 11) is 2.96. The molecule has 0 aliphatic carbocycles. The molecule has 1 amide bonds. The molecule has 5 nitrogen and oxygen atoms in total. The third-order valence-corrected chi connectivity index (χ3v) is 4.26. The van der Waals surface area contributed by atoms with Crippen LogP contribution in [0, 0.1) is 0 Å². The van der Waals surface area contributed by atoms with Gasteiger partial charge in [-0.25, -0.2) is 0 Å². The molecule has 1 aliphatic rings. The van der Waals surface area contributed by atoms with Gasteiger partial charge in [-0.3, -0.25) is 9.59 Å². The van der Waals surface area contributed by atoms with Gasteiger partial charge in [-0.1, -0.05) is 0 Å². The highest BCUT2D eigenvalue weighted by Gasteiger charge is 2.27. The molecule has 0 bridgehead atoms. The lowest BCUT2D eigenvalue weighted by atomic mass is 10.2. The van der Waals surface area contributed by atoms with Crippen molar-refractivity contribution in [1.82, 2.24) is 4.90 Å². The molecule has 0 saturated carbocycles. The van der Waals surface area contributed by atoms with E-state index in [1.165, 1.54) is 7.11 Å². The van der Waals surface area contributed by atoms with Crippen LogP contribution in [0.25, 0.3) is 0 Å². The van der Waals surface area contributed by atoms with Crippen LogP contribution in [0.3, 0.4) is 0 Å². The Kier molecular flexibility index (Phi) is 7.12. The Hall–Kier alpha value is -0.750. The Morgan fingerprint density at radius 1 is 1.33 bits per heavy atom. The lowest BCUT2D eigenvalue weighted by Gasteiger charge is -2.24. The molecule has 18 heavy (non-hydrogen) atoms. The summed E-state index contributed by atoms with van der Waals surface area (Å²) < 4.78 is 9.60. The summed E-state index contributed by atoms with van der Waals surface area (Å²) in [5, 5.41) is 0.0551. The second kappa shape index (κ2) is 8.37. The van der Waals surface area contributed by atoms with Gasteiger partial charge >= 0.3 is 5.97 Å². The lowest BCUT2D eigenvalue weighted by Crippen LogP contribution is -2.40. The Morgan fingerprint density at radius 2 is 2.11 bits per heavy atom. The smallest absolute Gasteiger partial charge is 0.307 e. The maximum Gasteiger partial charge on any atom is 0.307 e. The summed E-state index contributed by atoms with van der Waals surface area (Å²) in [6.45, 7) is 1.43. The van der Waals surface area contributed by atoms with Crippen molar-refractivity contribution in [2.24, 2.45) is 0 Å². The average molecular weight is 275 g/mol. The molecule has 1 rings (SSSR count). The number of rotatable bonds is 7. The predicted octanol–water partition coefficient (Wildman–Crippen LogP) is 0.920. The van der Waals surface area contributed by atoms with Crippen LogP contribution in [0.1, 0.15) is 19.3 Å². The molecular formula is C12H21NO4S. The van der Waals surface area contributed by atoms with Gasteiger partial charge in [-0.15, -0.1) is 11.8 Å². The highest BCUT2D eigenvalue weighted by molar-refractivity contribution is 8.00. The molecule has 1 atom stereocenters. The molecule has 1 heterocycles. The summed E-state index contributed by atoms with van der Waals surface area (Å²) in [5.41, 5.74) is 0. The van der Waals surface area contributed by atoms with Crippen LogP contribution in [-0.2, 0) is 19.1 Å². The number of hydrogen-bond donors (Lipinski definition) is 0. The van der Waals surface area contributed by atoms with E-state index in [4.69, 9.17) is 4.74 Å². The van der Waals surface area contributed by atoms with Crippen LogP contribution >= 0.6 is 11.8 Å². The lowest BCUT2D eigenvalue weighted by molar-refractivity contribution is -0.141. The molecule has 0 radical (unpaired) electrons. The van der Waals surface area contributed by atoms with E-state index in [9.17, 15) is 9.59 Å². The van der Waals surface area contributed by atoms with Crippen molar-refractivity contribution in [1.29, 1.82) is 0 Å². The molecule has 0 spiro atoms. The van der Waals surface area contributed by atoms with Gasteiger partial charge in [-0.05, 0) is 18.6 Å². The minimum Gasteiger partial charge on any atom is -0.469 e. The van der Waals surface area contributed by atoms with Crippen LogP contribution in [0.5, 0.6) is 0 Å². The number of esters is 1. The van der Waals surface area contributed by atoms with Gasteiger partial charge in [0, 0.05) is 20.2 Å².